The molecule has 9 heteroatoms. The number of rotatable bonds is 2. The molecule has 19 heavy (non-hydrogen) atoms. The van der Waals surface area contributed by atoms with Crippen LogP contribution in [0.5, 0.6) is 11.5 Å². The van der Waals surface area contributed by atoms with Gasteiger partial charge in [0.1, 0.15) is 5.50 Å². The minimum atomic E-state index is -0.829. The molecule has 0 bridgehead atoms. The van der Waals surface area contributed by atoms with Crippen LogP contribution in [-0.2, 0) is 4.79 Å². The standard InChI is InChI=1S/C10H9N3O5S/c11-10-12-9(16)7(19-10)3-4-1-5(13(17)18)8(15)6(14)2-4/h1-3,10,14-15H,11H2,(H,12,16). The number of carbonyl (C=O) groups is 1. The number of benzene rings is 1. The summed E-state index contributed by atoms with van der Waals surface area (Å²) in [6, 6.07) is 2.17. The van der Waals surface area contributed by atoms with Crippen LogP contribution in [0.15, 0.2) is 17.0 Å². The summed E-state index contributed by atoms with van der Waals surface area (Å²) < 4.78 is 0. The Hall–Kier alpha value is -2.26. The molecular formula is C10H9N3O5S. The Balaban J connectivity index is 2.44. The topological polar surface area (TPSA) is 139 Å². The van der Waals surface area contributed by atoms with Gasteiger partial charge in [0, 0.05) is 6.07 Å². The average molecular weight is 283 g/mol. The highest BCUT2D eigenvalue weighted by Gasteiger charge is 2.25. The summed E-state index contributed by atoms with van der Waals surface area (Å²) in [5.74, 6) is -1.84. The number of carbonyl (C=O) groups excluding carboxylic acids is 1. The van der Waals surface area contributed by atoms with Gasteiger partial charge in [-0.2, -0.15) is 0 Å². The molecule has 1 fully saturated rings. The zero-order chi connectivity index (χ0) is 14.2. The van der Waals surface area contributed by atoms with Gasteiger partial charge in [0.2, 0.25) is 5.75 Å². The van der Waals surface area contributed by atoms with E-state index in [1.807, 2.05) is 0 Å². The van der Waals surface area contributed by atoms with Crippen molar-refractivity contribution in [3.63, 3.8) is 0 Å². The second-order valence-corrected chi connectivity index (χ2v) is 4.87. The first kappa shape index (κ1) is 13.2. The zero-order valence-electron chi connectivity index (χ0n) is 9.36. The lowest BCUT2D eigenvalue weighted by Gasteiger charge is -2.01. The molecule has 100 valence electrons. The Kier molecular flexibility index (Phi) is 3.32. The molecule has 0 aromatic heterocycles. The highest BCUT2D eigenvalue weighted by Crippen LogP contribution is 2.37. The quantitative estimate of drug-likeness (QED) is 0.267. The van der Waals surface area contributed by atoms with Crippen molar-refractivity contribution in [2.24, 2.45) is 5.73 Å². The molecule has 0 spiro atoms. The van der Waals surface area contributed by atoms with Gasteiger partial charge in [-0.1, -0.05) is 11.8 Å². The van der Waals surface area contributed by atoms with Crippen LogP contribution in [-0.4, -0.2) is 26.5 Å². The van der Waals surface area contributed by atoms with E-state index >= 15 is 0 Å². The van der Waals surface area contributed by atoms with Crippen LogP contribution in [0.25, 0.3) is 6.08 Å². The smallest absolute Gasteiger partial charge is 0.315 e. The molecule has 1 aliphatic rings. The minimum absolute atomic E-state index is 0.216. The molecule has 0 saturated carbocycles. The van der Waals surface area contributed by atoms with Crippen LogP contribution >= 0.6 is 11.8 Å². The van der Waals surface area contributed by atoms with Crippen molar-refractivity contribution in [2.45, 2.75) is 5.50 Å². The third-order valence-electron chi connectivity index (χ3n) is 2.34. The number of nitro groups is 1. The zero-order valence-corrected chi connectivity index (χ0v) is 10.2. The van der Waals surface area contributed by atoms with Crippen LogP contribution in [0.1, 0.15) is 5.56 Å². The summed E-state index contributed by atoms with van der Waals surface area (Å²) in [5.41, 5.74) is 4.50. The monoisotopic (exact) mass is 283 g/mol. The van der Waals surface area contributed by atoms with Crippen LogP contribution in [0.4, 0.5) is 5.69 Å². The fourth-order valence-electron chi connectivity index (χ4n) is 1.52. The third-order valence-corrected chi connectivity index (χ3v) is 3.27. The molecule has 1 atom stereocenters. The van der Waals surface area contributed by atoms with Crippen molar-refractivity contribution in [3.05, 3.63) is 32.7 Å². The second kappa shape index (κ2) is 4.78. The fourth-order valence-corrected chi connectivity index (χ4v) is 2.33. The SMILES string of the molecule is NC1NC(=O)C(=Cc2cc(O)c(O)c([N+](=O)[O-])c2)S1. The molecule has 1 aliphatic heterocycles. The molecule has 5 N–H and O–H groups in total. The van der Waals surface area contributed by atoms with Gasteiger partial charge in [0.05, 0.1) is 9.83 Å². The van der Waals surface area contributed by atoms with E-state index in [4.69, 9.17) is 5.73 Å². The largest absolute Gasteiger partial charge is 0.504 e. The molecular weight excluding hydrogens is 274 g/mol. The van der Waals surface area contributed by atoms with Gasteiger partial charge in [-0.15, -0.1) is 0 Å². The van der Waals surface area contributed by atoms with Gasteiger partial charge in [0.25, 0.3) is 5.91 Å². The number of hydrogen-bond acceptors (Lipinski definition) is 7. The van der Waals surface area contributed by atoms with Gasteiger partial charge in [0.15, 0.2) is 5.75 Å². The van der Waals surface area contributed by atoms with Gasteiger partial charge >= 0.3 is 5.69 Å². The van der Waals surface area contributed by atoms with E-state index in [2.05, 4.69) is 5.32 Å². The summed E-state index contributed by atoms with van der Waals surface area (Å²) in [6.07, 6.45) is 1.35. The fraction of sp³-hybridized carbons (Fsp3) is 0.100. The molecule has 8 nitrogen and oxygen atoms in total. The summed E-state index contributed by atoms with van der Waals surface area (Å²) in [7, 11) is 0. The van der Waals surface area contributed by atoms with E-state index in [0.29, 0.717) is 0 Å². The Morgan fingerprint density at radius 3 is 2.68 bits per heavy atom. The summed E-state index contributed by atoms with van der Waals surface area (Å²) in [6.45, 7) is 0. The molecule has 1 amide bonds. The van der Waals surface area contributed by atoms with Gasteiger partial charge in [-0.3, -0.25) is 14.9 Å². The van der Waals surface area contributed by atoms with Crippen molar-refractivity contribution >= 4 is 29.4 Å². The number of hydrogen-bond donors (Lipinski definition) is 4. The Bertz CT molecular complexity index is 601. The first-order valence-corrected chi connectivity index (χ1v) is 5.91. The number of phenols is 2. The molecule has 1 unspecified atom stereocenters. The molecule has 1 aromatic carbocycles. The highest BCUT2D eigenvalue weighted by molar-refractivity contribution is 8.05. The number of nitrogens with zero attached hydrogens (tertiary/aromatic N) is 1. The molecule has 0 radical (unpaired) electrons. The summed E-state index contributed by atoms with van der Waals surface area (Å²) >= 11 is 1.06. The first-order chi connectivity index (χ1) is 8.88. The minimum Gasteiger partial charge on any atom is -0.504 e. The second-order valence-electron chi connectivity index (χ2n) is 3.69. The van der Waals surface area contributed by atoms with Crippen molar-refractivity contribution < 1.29 is 19.9 Å². The lowest BCUT2D eigenvalue weighted by molar-refractivity contribution is -0.386. The molecule has 2 rings (SSSR count). The van der Waals surface area contributed by atoms with Crippen molar-refractivity contribution in [1.29, 1.82) is 0 Å². The van der Waals surface area contributed by atoms with Crippen LogP contribution in [0.3, 0.4) is 0 Å². The first-order valence-electron chi connectivity index (χ1n) is 5.03. The van der Waals surface area contributed by atoms with Crippen LogP contribution in [0, 0.1) is 10.1 Å². The maximum atomic E-state index is 11.4. The van der Waals surface area contributed by atoms with E-state index in [1.54, 1.807) is 0 Å². The lowest BCUT2D eigenvalue weighted by Crippen LogP contribution is -2.31. The van der Waals surface area contributed by atoms with E-state index in [0.717, 1.165) is 23.9 Å². The maximum Gasteiger partial charge on any atom is 0.315 e. The van der Waals surface area contributed by atoms with Crippen molar-refractivity contribution in [3.8, 4) is 11.5 Å². The van der Waals surface area contributed by atoms with Crippen LogP contribution in [0.2, 0.25) is 0 Å². The maximum absolute atomic E-state index is 11.4. The number of phenolic OH excluding ortho intramolecular Hbond substituents is 2. The normalized spacial score (nSPS) is 20.6. The number of nitro benzene ring substituents is 1. The van der Waals surface area contributed by atoms with E-state index in [1.165, 1.54) is 6.08 Å². The number of nitrogens with one attached hydrogen (secondary N) is 1. The number of amides is 1. The van der Waals surface area contributed by atoms with Gasteiger partial charge in [-0.25, -0.2) is 0 Å². The van der Waals surface area contributed by atoms with Crippen LogP contribution < -0.4 is 11.1 Å². The molecule has 1 heterocycles. The van der Waals surface area contributed by atoms with Gasteiger partial charge in [-0.05, 0) is 17.7 Å². The lowest BCUT2D eigenvalue weighted by atomic mass is 10.1. The predicted molar refractivity (Wildman–Crippen MR) is 68.1 cm³/mol. The molecule has 0 aliphatic carbocycles. The number of nitrogens with two attached hydrogens (primary N) is 1. The van der Waals surface area contributed by atoms with Crippen molar-refractivity contribution in [2.75, 3.05) is 0 Å². The average Bonchev–Trinajstić information content (AvgIpc) is 2.62. The Labute approximate surface area is 111 Å². The van der Waals surface area contributed by atoms with E-state index < -0.39 is 33.5 Å². The number of aromatic hydroxyl groups is 2. The highest BCUT2D eigenvalue weighted by atomic mass is 32.2. The Morgan fingerprint density at radius 1 is 1.47 bits per heavy atom. The van der Waals surface area contributed by atoms with Crippen molar-refractivity contribution in [1.82, 2.24) is 5.32 Å². The summed E-state index contributed by atoms with van der Waals surface area (Å²) in [4.78, 5) is 21.6. The van der Waals surface area contributed by atoms with E-state index in [-0.39, 0.29) is 10.5 Å². The third kappa shape index (κ3) is 2.61. The summed E-state index contributed by atoms with van der Waals surface area (Å²) in [5, 5.41) is 31.9. The van der Waals surface area contributed by atoms with Gasteiger partial charge < -0.3 is 21.3 Å². The Morgan fingerprint density at radius 2 is 2.16 bits per heavy atom. The molecule has 1 saturated heterocycles. The van der Waals surface area contributed by atoms with E-state index in [9.17, 15) is 25.1 Å². The number of thioether (sulfide) groups is 1. The predicted octanol–water partition coefficient (Wildman–Crippen LogP) is 0.452. The molecule has 1 aromatic rings.